The Morgan fingerprint density at radius 1 is 1.25 bits per heavy atom. The fourth-order valence-corrected chi connectivity index (χ4v) is 3.66. The number of imide groups is 1. The van der Waals surface area contributed by atoms with E-state index in [1.54, 1.807) is 12.1 Å². The normalized spacial score (nSPS) is 22.5. The van der Waals surface area contributed by atoms with Gasteiger partial charge in [0.25, 0.3) is 11.8 Å². The van der Waals surface area contributed by atoms with Gasteiger partial charge in [0, 0.05) is 30.6 Å². The maximum Gasteiger partial charge on any atom is 0.311 e. The first-order chi connectivity index (χ1) is 13.3. The summed E-state index contributed by atoms with van der Waals surface area (Å²) in [6.07, 6.45) is 1.52. The first-order valence-electron chi connectivity index (χ1n) is 9.10. The molecule has 3 N–H and O–H groups in total. The van der Waals surface area contributed by atoms with Crippen molar-refractivity contribution in [2.24, 2.45) is 5.41 Å². The number of amides is 4. The summed E-state index contributed by atoms with van der Waals surface area (Å²) in [7, 11) is 0. The lowest BCUT2D eigenvalue weighted by atomic mass is 10.0. The van der Waals surface area contributed by atoms with Gasteiger partial charge in [-0.1, -0.05) is 6.07 Å². The molecule has 9 heteroatoms. The molecule has 2 heterocycles. The highest BCUT2D eigenvalue weighted by molar-refractivity contribution is 6.06. The Kier molecular flexibility index (Phi) is 4.17. The number of carboxylic acid groups (broad SMARTS) is 1. The van der Waals surface area contributed by atoms with Crippen molar-refractivity contribution in [3.05, 3.63) is 34.9 Å². The lowest BCUT2D eigenvalue weighted by Gasteiger charge is -2.29. The molecule has 4 amide bonds. The number of benzene rings is 1. The molecule has 4 rings (SSSR count). The van der Waals surface area contributed by atoms with E-state index in [2.05, 4.69) is 10.6 Å². The van der Waals surface area contributed by atoms with Crippen molar-refractivity contribution in [2.75, 3.05) is 6.54 Å². The van der Waals surface area contributed by atoms with Gasteiger partial charge in [0.1, 0.15) is 6.04 Å². The van der Waals surface area contributed by atoms with Gasteiger partial charge in [-0.15, -0.1) is 0 Å². The van der Waals surface area contributed by atoms with E-state index in [9.17, 15) is 29.1 Å². The Balaban J connectivity index is 1.47. The molecule has 2 aliphatic heterocycles. The zero-order valence-electron chi connectivity index (χ0n) is 15.0. The standard InChI is InChI=1S/C19H19N3O6/c23-14-4-3-13(16(25)21-14)22-8-11-2-1-10(7-12(11)17(22)26)15(24)20-9-19(5-6-19)18(27)28/h1-2,7,13H,3-6,8-9H2,(H,20,24)(H,27,28)(H,21,23,25). The van der Waals surface area contributed by atoms with Gasteiger partial charge < -0.3 is 15.3 Å². The average Bonchev–Trinajstić information content (AvgIpc) is 3.39. The molecule has 1 aromatic rings. The maximum atomic E-state index is 12.8. The number of carbonyl (C=O) groups is 5. The van der Waals surface area contributed by atoms with Crippen molar-refractivity contribution in [3.63, 3.8) is 0 Å². The highest BCUT2D eigenvalue weighted by Crippen LogP contribution is 2.45. The molecule has 146 valence electrons. The van der Waals surface area contributed by atoms with Crippen LogP contribution in [-0.2, 0) is 20.9 Å². The second-order valence-corrected chi connectivity index (χ2v) is 7.54. The van der Waals surface area contributed by atoms with Gasteiger partial charge in [0.15, 0.2) is 0 Å². The van der Waals surface area contributed by atoms with E-state index in [1.165, 1.54) is 11.0 Å². The predicted octanol–water partition coefficient (Wildman–Crippen LogP) is 0.0422. The average molecular weight is 385 g/mol. The minimum atomic E-state index is -0.920. The van der Waals surface area contributed by atoms with Crippen LogP contribution in [0.15, 0.2) is 18.2 Å². The third-order valence-electron chi connectivity index (χ3n) is 5.68. The monoisotopic (exact) mass is 385 g/mol. The van der Waals surface area contributed by atoms with Gasteiger partial charge in [-0.05, 0) is 37.0 Å². The summed E-state index contributed by atoms with van der Waals surface area (Å²) in [5.41, 5.74) is 0.440. The molecule has 3 aliphatic rings. The first-order valence-corrected chi connectivity index (χ1v) is 9.10. The minimum absolute atomic E-state index is 0.0502. The van der Waals surface area contributed by atoms with Crippen molar-refractivity contribution in [2.45, 2.75) is 38.3 Å². The SMILES string of the molecule is O=C1CCC(N2Cc3ccc(C(=O)NCC4(C(=O)O)CC4)cc3C2=O)C(=O)N1. The smallest absolute Gasteiger partial charge is 0.311 e. The number of aliphatic carboxylic acids is 1. The fraction of sp³-hybridized carbons (Fsp3) is 0.421. The lowest BCUT2D eigenvalue weighted by molar-refractivity contribution is -0.143. The van der Waals surface area contributed by atoms with Crippen LogP contribution in [0.2, 0.25) is 0 Å². The molecule has 0 aromatic heterocycles. The van der Waals surface area contributed by atoms with Crippen LogP contribution in [0.3, 0.4) is 0 Å². The van der Waals surface area contributed by atoms with Gasteiger partial charge in [0.2, 0.25) is 11.8 Å². The molecule has 1 atom stereocenters. The van der Waals surface area contributed by atoms with Crippen molar-refractivity contribution in [1.82, 2.24) is 15.5 Å². The second-order valence-electron chi connectivity index (χ2n) is 7.54. The van der Waals surface area contributed by atoms with E-state index in [0.717, 1.165) is 0 Å². The topological polar surface area (TPSA) is 133 Å². The van der Waals surface area contributed by atoms with Crippen molar-refractivity contribution >= 4 is 29.6 Å². The molecule has 1 unspecified atom stereocenters. The molecular formula is C19H19N3O6. The Morgan fingerprint density at radius 3 is 2.64 bits per heavy atom. The predicted molar refractivity (Wildman–Crippen MR) is 94.1 cm³/mol. The van der Waals surface area contributed by atoms with Gasteiger partial charge >= 0.3 is 5.97 Å². The zero-order valence-corrected chi connectivity index (χ0v) is 15.0. The minimum Gasteiger partial charge on any atom is -0.481 e. The molecular weight excluding hydrogens is 366 g/mol. The molecule has 9 nitrogen and oxygen atoms in total. The molecule has 2 fully saturated rings. The van der Waals surface area contributed by atoms with Crippen LogP contribution in [0.4, 0.5) is 0 Å². The quantitative estimate of drug-likeness (QED) is 0.613. The van der Waals surface area contributed by atoms with Crippen molar-refractivity contribution in [3.8, 4) is 0 Å². The molecule has 1 saturated heterocycles. The Morgan fingerprint density at radius 2 is 2.00 bits per heavy atom. The van der Waals surface area contributed by atoms with E-state index >= 15 is 0 Å². The van der Waals surface area contributed by atoms with E-state index in [4.69, 9.17) is 0 Å². The van der Waals surface area contributed by atoms with Crippen LogP contribution < -0.4 is 10.6 Å². The number of hydrogen-bond donors (Lipinski definition) is 3. The molecule has 1 aromatic carbocycles. The van der Waals surface area contributed by atoms with Crippen molar-refractivity contribution in [1.29, 1.82) is 0 Å². The molecule has 1 aliphatic carbocycles. The Hall–Kier alpha value is -3.23. The van der Waals surface area contributed by atoms with Crippen LogP contribution in [0, 0.1) is 5.41 Å². The lowest BCUT2D eigenvalue weighted by Crippen LogP contribution is -2.52. The highest BCUT2D eigenvalue weighted by atomic mass is 16.4. The fourth-order valence-electron chi connectivity index (χ4n) is 3.66. The number of piperidine rings is 1. The zero-order chi connectivity index (χ0) is 20.1. The number of carbonyl (C=O) groups excluding carboxylic acids is 4. The summed E-state index contributed by atoms with van der Waals surface area (Å²) in [5.74, 6) is -2.55. The van der Waals surface area contributed by atoms with Gasteiger partial charge in [0.05, 0.1) is 5.41 Å². The van der Waals surface area contributed by atoms with Crippen LogP contribution in [-0.4, -0.2) is 52.2 Å². The molecule has 0 bridgehead atoms. The number of nitrogens with one attached hydrogen (secondary N) is 2. The van der Waals surface area contributed by atoms with E-state index in [-0.39, 0.29) is 43.3 Å². The summed E-state index contributed by atoms with van der Waals surface area (Å²) in [4.78, 5) is 61.2. The maximum absolute atomic E-state index is 12.8. The number of hydrogen-bond acceptors (Lipinski definition) is 5. The molecule has 0 radical (unpaired) electrons. The summed E-state index contributed by atoms with van der Waals surface area (Å²) in [5, 5.41) is 14.1. The summed E-state index contributed by atoms with van der Waals surface area (Å²) in [6, 6.07) is 4.01. The summed E-state index contributed by atoms with van der Waals surface area (Å²) < 4.78 is 0. The van der Waals surface area contributed by atoms with Crippen LogP contribution in [0.25, 0.3) is 0 Å². The van der Waals surface area contributed by atoms with Crippen LogP contribution >= 0.6 is 0 Å². The number of carboxylic acids is 1. The molecule has 28 heavy (non-hydrogen) atoms. The summed E-state index contributed by atoms with van der Waals surface area (Å²) >= 11 is 0. The highest BCUT2D eigenvalue weighted by Gasteiger charge is 2.50. The largest absolute Gasteiger partial charge is 0.481 e. The van der Waals surface area contributed by atoms with Gasteiger partial charge in [-0.25, -0.2) is 0 Å². The van der Waals surface area contributed by atoms with Crippen molar-refractivity contribution < 1.29 is 29.1 Å². The van der Waals surface area contributed by atoms with Crippen LogP contribution in [0.5, 0.6) is 0 Å². The second kappa shape index (κ2) is 6.43. The summed E-state index contributed by atoms with van der Waals surface area (Å²) in [6.45, 7) is 0.291. The Labute approximate surface area is 160 Å². The van der Waals surface area contributed by atoms with E-state index in [0.29, 0.717) is 24.0 Å². The third-order valence-corrected chi connectivity index (χ3v) is 5.68. The first kappa shape index (κ1) is 18.1. The van der Waals surface area contributed by atoms with E-state index in [1.807, 2.05) is 0 Å². The van der Waals surface area contributed by atoms with Crippen LogP contribution in [0.1, 0.15) is 52.0 Å². The van der Waals surface area contributed by atoms with E-state index < -0.39 is 29.2 Å². The third kappa shape index (κ3) is 3.02. The number of nitrogens with zero attached hydrogens (tertiary/aromatic N) is 1. The van der Waals surface area contributed by atoms with Gasteiger partial charge in [-0.2, -0.15) is 0 Å². The van der Waals surface area contributed by atoms with Gasteiger partial charge in [-0.3, -0.25) is 29.3 Å². The number of fused-ring (bicyclic) bond motifs is 1. The molecule has 0 spiro atoms. The molecule has 1 saturated carbocycles. The Bertz CT molecular complexity index is 920. The number of rotatable bonds is 5.